The van der Waals surface area contributed by atoms with Crippen LogP contribution in [-0.2, 0) is 6.54 Å². The Balaban J connectivity index is 2.74. The quantitative estimate of drug-likeness (QED) is 0.667. The van der Waals surface area contributed by atoms with Gasteiger partial charge >= 0.3 is 0 Å². The van der Waals surface area contributed by atoms with Crippen molar-refractivity contribution in [3.8, 4) is 0 Å². The van der Waals surface area contributed by atoms with Crippen LogP contribution in [0, 0.1) is 0 Å². The Bertz CT molecular complexity index is 164. The van der Waals surface area contributed by atoms with E-state index in [9.17, 15) is 0 Å². The van der Waals surface area contributed by atoms with Crippen molar-refractivity contribution in [1.29, 1.82) is 0 Å². The summed E-state index contributed by atoms with van der Waals surface area (Å²) >= 11 is 3.53. The molecule has 1 rings (SSSR count). The number of thiophene rings is 1. The molecule has 0 aliphatic rings. The lowest BCUT2D eigenvalue weighted by Gasteiger charge is -1.83. The van der Waals surface area contributed by atoms with E-state index >= 15 is 0 Å². The monoisotopic (exact) mass is 159 g/mol. The molecule has 0 radical (unpaired) electrons. The number of hydrogen-bond acceptors (Lipinski definition) is 3. The Kier molecular flexibility index (Phi) is 2.57. The van der Waals surface area contributed by atoms with Gasteiger partial charge in [-0.2, -0.15) is 0 Å². The summed E-state index contributed by atoms with van der Waals surface area (Å²) in [6.45, 7) is 0.664. The van der Waals surface area contributed by atoms with Crippen molar-refractivity contribution in [2.75, 3.05) is 6.26 Å². The predicted octanol–water partition coefficient (Wildman–Crippen LogP) is 1.93. The fraction of sp³-hybridized carbons (Fsp3) is 0.333. The van der Waals surface area contributed by atoms with Crippen LogP contribution in [0.4, 0.5) is 0 Å². The molecule has 0 spiro atoms. The molecule has 0 saturated heterocycles. The maximum absolute atomic E-state index is 5.42. The van der Waals surface area contributed by atoms with Crippen molar-refractivity contribution >= 4 is 23.1 Å². The van der Waals surface area contributed by atoms with E-state index in [1.165, 1.54) is 9.77 Å². The minimum absolute atomic E-state index is 0.664. The normalized spacial score (nSPS) is 10.0. The highest BCUT2D eigenvalue weighted by atomic mass is 32.2. The number of nitrogens with two attached hydrogens (primary N) is 1. The van der Waals surface area contributed by atoms with Crippen molar-refractivity contribution < 1.29 is 0 Å². The second kappa shape index (κ2) is 3.25. The van der Waals surface area contributed by atoms with Crippen LogP contribution in [0.1, 0.15) is 5.56 Å². The van der Waals surface area contributed by atoms with Crippen molar-refractivity contribution in [1.82, 2.24) is 0 Å². The first-order chi connectivity index (χ1) is 4.36. The molecule has 0 atom stereocenters. The van der Waals surface area contributed by atoms with Crippen LogP contribution >= 0.6 is 23.1 Å². The van der Waals surface area contributed by atoms with Gasteiger partial charge in [0.05, 0.1) is 4.21 Å². The Morgan fingerprint density at radius 2 is 2.56 bits per heavy atom. The summed E-state index contributed by atoms with van der Waals surface area (Å²) in [5.41, 5.74) is 6.66. The second-order valence-electron chi connectivity index (χ2n) is 1.68. The molecule has 1 aromatic heterocycles. The van der Waals surface area contributed by atoms with Gasteiger partial charge in [0.1, 0.15) is 0 Å². The lowest BCUT2D eigenvalue weighted by molar-refractivity contribution is 1.08. The largest absolute Gasteiger partial charge is 0.326 e. The molecule has 0 bridgehead atoms. The molecule has 0 fully saturated rings. The summed E-state index contributed by atoms with van der Waals surface area (Å²) in [6, 6.07) is 2.13. The van der Waals surface area contributed by atoms with E-state index in [0.29, 0.717) is 6.54 Å². The maximum Gasteiger partial charge on any atom is 0.0599 e. The molecule has 2 N–H and O–H groups in total. The van der Waals surface area contributed by atoms with Crippen LogP contribution in [0.15, 0.2) is 15.7 Å². The minimum Gasteiger partial charge on any atom is -0.326 e. The van der Waals surface area contributed by atoms with Crippen molar-refractivity contribution in [3.05, 3.63) is 17.0 Å². The summed E-state index contributed by atoms with van der Waals surface area (Å²) in [6.07, 6.45) is 2.08. The Hall–Kier alpha value is 0.01000. The summed E-state index contributed by atoms with van der Waals surface area (Å²) in [7, 11) is 0. The number of hydrogen-bond donors (Lipinski definition) is 1. The average Bonchev–Trinajstić information content (AvgIpc) is 2.34. The Morgan fingerprint density at radius 3 is 2.89 bits per heavy atom. The van der Waals surface area contributed by atoms with Gasteiger partial charge in [-0.1, -0.05) is 0 Å². The van der Waals surface area contributed by atoms with E-state index in [1.807, 2.05) is 0 Å². The fourth-order valence-electron chi connectivity index (χ4n) is 0.567. The van der Waals surface area contributed by atoms with Gasteiger partial charge < -0.3 is 5.73 Å². The molecule has 1 aromatic rings. The van der Waals surface area contributed by atoms with E-state index in [0.717, 1.165) is 0 Å². The zero-order valence-electron chi connectivity index (χ0n) is 5.26. The van der Waals surface area contributed by atoms with Crippen molar-refractivity contribution in [2.24, 2.45) is 5.73 Å². The molecule has 50 valence electrons. The minimum atomic E-state index is 0.664. The van der Waals surface area contributed by atoms with Crippen LogP contribution in [0.3, 0.4) is 0 Å². The van der Waals surface area contributed by atoms with Crippen LogP contribution in [0.25, 0.3) is 0 Å². The second-order valence-corrected chi connectivity index (χ2v) is 3.70. The molecule has 0 aliphatic carbocycles. The number of thioether (sulfide) groups is 1. The van der Waals surface area contributed by atoms with Crippen LogP contribution in [0.2, 0.25) is 0 Å². The SMILES string of the molecule is CSc1cc(CN)cs1. The van der Waals surface area contributed by atoms with Gasteiger partial charge in [0, 0.05) is 6.54 Å². The summed E-state index contributed by atoms with van der Waals surface area (Å²) in [4.78, 5) is 0. The molecule has 9 heavy (non-hydrogen) atoms. The van der Waals surface area contributed by atoms with Gasteiger partial charge in [-0.3, -0.25) is 0 Å². The first kappa shape index (κ1) is 7.12. The van der Waals surface area contributed by atoms with Crippen LogP contribution in [0.5, 0.6) is 0 Å². The highest BCUT2D eigenvalue weighted by molar-refractivity contribution is 8.00. The van der Waals surface area contributed by atoms with E-state index in [2.05, 4.69) is 17.7 Å². The smallest absolute Gasteiger partial charge is 0.0599 e. The maximum atomic E-state index is 5.42. The molecule has 0 aromatic carbocycles. The standard InChI is InChI=1S/C6H9NS2/c1-8-6-2-5(3-7)4-9-6/h2,4H,3,7H2,1H3. The van der Waals surface area contributed by atoms with Crippen molar-refractivity contribution in [2.45, 2.75) is 10.8 Å². The van der Waals surface area contributed by atoms with Gasteiger partial charge in [0.15, 0.2) is 0 Å². The van der Waals surface area contributed by atoms with Crippen molar-refractivity contribution in [3.63, 3.8) is 0 Å². The van der Waals surface area contributed by atoms with Crippen LogP contribution < -0.4 is 5.73 Å². The lowest BCUT2D eigenvalue weighted by Crippen LogP contribution is -1.92. The van der Waals surface area contributed by atoms with Gasteiger partial charge in [-0.05, 0) is 23.3 Å². The van der Waals surface area contributed by atoms with E-state index in [-0.39, 0.29) is 0 Å². The molecule has 0 saturated carbocycles. The van der Waals surface area contributed by atoms with Gasteiger partial charge in [-0.25, -0.2) is 0 Å². The van der Waals surface area contributed by atoms with Gasteiger partial charge in [0.25, 0.3) is 0 Å². The molecule has 1 heterocycles. The Morgan fingerprint density at radius 1 is 1.78 bits per heavy atom. The highest BCUT2D eigenvalue weighted by Gasteiger charge is 1.93. The fourth-order valence-corrected chi connectivity index (χ4v) is 2.02. The lowest BCUT2D eigenvalue weighted by atomic mass is 10.4. The van der Waals surface area contributed by atoms with Gasteiger partial charge in [0.2, 0.25) is 0 Å². The molecule has 3 heteroatoms. The van der Waals surface area contributed by atoms with E-state index in [1.54, 1.807) is 23.1 Å². The average molecular weight is 159 g/mol. The third-order valence-corrected chi connectivity index (χ3v) is 3.15. The Labute approximate surface area is 63.3 Å². The van der Waals surface area contributed by atoms with Crippen LogP contribution in [-0.4, -0.2) is 6.26 Å². The highest BCUT2D eigenvalue weighted by Crippen LogP contribution is 2.23. The van der Waals surface area contributed by atoms with E-state index in [4.69, 9.17) is 5.73 Å². The zero-order chi connectivity index (χ0) is 6.69. The molecule has 0 unspecified atom stereocenters. The topological polar surface area (TPSA) is 26.0 Å². The number of rotatable bonds is 2. The summed E-state index contributed by atoms with van der Waals surface area (Å²) in [5.74, 6) is 0. The molecule has 1 nitrogen and oxygen atoms in total. The molecule has 0 amide bonds. The molecular formula is C6H9NS2. The predicted molar refractivity (Wildman–Crippen MR) is 44.0 cm³/mol. The van der Waals surface area contributed by atoms with E-state index < -0.39 is 0 Å². The molecular weight excluding hydrogens is 150 g/mol. The summed E-state index contributed by atoms with van der Waals surface area (Å²) < 4.78 is 1.34. The third-order valence-electron chi connectivity index (χ3n) is 1.07. The third kappa shape index (κ3) is 1.71. The first-order valence-corrected chi connectivity index (χ1v) is 4.78. The zero-order valence-corrected chi connectivity index (χ0v) is 6.89. The summed E-state index contributed by atoms with van der Waals surface area (Å²) in [5, 5.41) is 2.10. The molecule has 0 aliphatic heterocycles. The van der Waals surface area contributed by atoms with Gasteiger partial charge in [-0.15, -0.1) is 23.1 Å². The first-order valence-electron chi connectivity index (χ1n) is 2.68.